The molecule has 0 atom stereocenters. The van der Waals surface area contributed by atoms with Crippen molar-refractivity contribution in [2.24, 2.45) is 0 Å². The minimum Gasteiger partial charge on any atom is -0.492 e. The van der Waals surface area contributed by atoms with Gasteiger partial charge in [-0.05, 0) is 36.8 Å². The maximum Gasteiger partial charge on any atom is 0.405 e. The summed E-state index contributed by atoms with van der Waals surface area (Å²) in [5, 5.41) is 7.11. The Morgan fingerprint density at radius 2 is 1.68 bits per heavy atom. The van der Waals surface area contributed by atoms with Gasteiger partial charge in [-0.2, -0.15) is 13.2 Å². The standard InChI is InChI=1S/C19H20F3N3O3/c1-2-28-16-6-4-3-5-15(16)25-18(27)24-14-9-7-13(8-10-14)11-17(26)23-12-19(20,21)22/h3-10H,2,11-12H2,1H3,(H,23,26)(H2,24,25,27). The average molecular weight is 395 g/mol. The fourth-order valence-electron chi connectivity index (χ4n) is 2.29. The van der Waals surface area contributed by atoms with Gasteiger partial charge in [-0.25, -0.2) is 4.79 Å². The molecule has 9 heteroatoms. The Balaban J connectivity index is 1.88. The first-order valence-corrected chi connectivity index (χ1v) is 8.49. The topological polar surface area (TPSA) is 79.5 Å². The van der Waals surface area contributed by atoms with Crippen LogP contribution in [0.3, 0.4) is 0 Å². The minimum absolute atomic E-state index is 0.190. The van der Waals surface area contributed by atoms with E-state index in [4.69, 9.17) is 4.74 Å². The van der Waals surface area contributed by atoms with Crippen molar-refractivity contribution >= 4 is 23.3 Å². The summed E-state index contributed by atoms with van der Waals surface area (Å²) in [4.78, 5) is 23.6. The Kier molecular flexibility index (Phi) is 7.25. The van der Waals surface area contributed by atoms with E-state index in [0.717, 1.165) is 0 Å². The number of urea groups is 1. The maximum atomic E-state index is 12.1. The third-order valence-corrected chi connectivity index (χ3v) is 3.50. The highest BCUT2D eigenvalue weighted by Crippen LogP contribution is 2.24. The number of nitrogens with one attached hydrogen (secondary N) is 3. The Labute approximate surface area is 160 Å². The number of anilines is 2. The summed E-state index contributed by atoms with van der Waals surface area (Å²) >= 11 is 0. The Bertz CT molecular complexity index is 808. The molecule has 2 aromatic rings. The van der Waals surface area contributed by atoms with Gasteiger partial charge in [-0.1, -0.05) is 24.3 Å². The van der Waals surface area contributed by atoms with Crippen molar-refractivity contribution in [3.05, 3.63) is 54.1 Å². The zero-order chi connectivity index (χ0) is 20.6. The number of rotatable bonds is 7. The number of carbonyl (C=O) groups excluding carboxylic acids is 2. The van der Waals surface area contributed by atoms with Gasteiger partial charge in [-0.3, -0.25) is 4.79 Å². The fraction of sp³-hybridized carbons (Fsp3) is 0.263. The molecule has 0 bridgehead atoms. The molecule has 28 heavy (non-hydrogen) atoms. The van der Waals surface area contributed by atoms with Crippen LogP contribution in [0.5, 0.6) is 5.75 Å². The van der Waals surface area contributed by atoms with Crippen molar-refractivity contribution in [1.82, 2.24) is 5.32 Å². The van der Waals surface area contributed by atoms with Crippen molar-refractivity contribution in [1.29, 1.82) is 0 Å². The number of benzene rings is 2. The number of hydrogen-bond acceptors (Lipinski definition) is 3. The molecule has 2 aromatic carbocycles. The van der Waals surface area contributed by atoms with Crippen LogP contribution in [0, 0.1) is 0 Å². The van der Waals surface area contributed by atoms with Gasteiger partial charge in [0.2, 0.25) is 5.91 Å². The zero-order valence-corrected chi connectivity index (χ0v) is 15.1. The smallest absolute Gasteiger partial charge is 0.405 e. The van der Waals surface area contributed by atoms with Crippen molar-refractivity contribution in [2.45, 2.75) is 19.5 Å². The van der Waals surface area contributed by atoms with Crippen molar-refractivity contribution in [3.63, 3.8) is 0 Å². The van der Waals surface area contributed by atoms with Crippen LogP contribution in [0.4, 0.5) is 29.3 Å². The molecule has 0 spiro atoms. The van der Waals surface area contributed by atoms with Gasteiger partial charge in [0.05, 0.1) is 18.7 Å². The average Bonchev–Trinajstić information content (AvgIpc) is 2.63. The SMILES string of the molecule is CCOc1ccccc1NC(=O)Nc1ccc(CC(=O)NCC(F)(F)F)cc1. The molecule has 0 aliphatic rings. The third kappa shape index (κ3) is 7.18. The third-order valence-electron chi connectivity index (χ3n) is 3.50. The second kappa shape index (κ2) is 9.63. The summed E-state index contributed by atoms with van der Waals surface area (Å²) in [6.45, 7) is 0.926. The number of halogens is 3. The van der Waals surface area contributed by atoms with E-state index in [1.807, 2.05) is 6.92 Å². The Morgan fingerprint density at radius 3 is 2.32 bits per heavy atom. The van der Waals surface area contributed by atoms with E-state index >= 15 is 0 Å². The van der Waals surface area contributed by atoms with Gasteiger partial charge < -0.3 is 20.7 Å². The molecule has 0 aliphatic carbocycles. The molecular weight excluding hydrogens is 375 g/mol. The summed E-state index contributed by atoms with van der Waals surface area (Å²) in [7, 11) is 0. The normalized spacial score (nSPS) is 10.9. The largest absolute Gasteiger partial charge is 0.492 e. The summed E-state index contributed by atoms with van der Waals surface area (Å²) < 4.78 is 41.7. The van der Waals surface area contributed by atoms with Crippen LogP contribution in [-0.4, -0.2) is 31.3 Å². The number of para-hydroxylation sites is 2. The quantitative estimate of drug-likeness (QED) is 0.664. The van der Waals surface area contributed by atoms with Crippen molar-refractivity contribution < 1.29 is 27.5 Å². The first-order valence-electron chi connectivity index (χ1n) is 8.49. The maximum absolute atomic E-state index is 12.1. The molecule has 6 nitrogen and oxygen atoms in total. The molecule has 0 saturated heterocycles. The van der Waals surface area contributed by atoms with Crippen LogP contribution in [0.2, 0.25) is 0 Å². The van der Waals surface area contributed by atoms with E-state index in [1.165, 1.54) is 0 Å². The van der Waals surface area contributed by atoms with E-state index < -0.39 is 24.7 Å². The number of hydrogen-bond donors (Lipinski definition) is 3. The monoisotopic (exact) mass is 395 g/mol. The van der Waals surface area contributed by atoms with Crippen LogP contribution in [0.1, 0.15) is 12.5 Å². The van der Waals surface area contributed by atoms with Crippen LogP contribution < -0.4 is 20.7 Å². The highest BCUT2D eigenvalue weighted by Gasteiger charge is 2.27. The van der Waals surface area contributed by atoms with Crippen LogP contribution in [0.25, 0.3) is 0 Å². The van der Waals surface area contributed by atoms with Gasteiger partial charge in [0, 0.05) is 5.69 Å². The number of alkyl halides is 3. The first-order chi connectivity index (χ1) is 13.3. The molecule has 2 rings (SSSR count). The first kappa shape index (κ1) is 21.1. The summed E-state index contributed by atoms with van der Waals surface area (Å²) in [6.07, 6.45) is -4.64. The molecule has 0 aliphatic heterocycles. The highest BCUT2D eigenvalue weighted by molar-refractivity contribution is 6.00. The molecule has 3 N–H and O–H groups in total. The summed E-state index contributed by atoms with van der Waals surface area (Å²) in [5.74, 6) is -0.191. The number of amides is 3. The molecule has 0 fully saturated rings. The van der Waals surface area contributed by atoms with Crippen LogP contribution in [-0.2, 0) is 11.2 Å². The predicted molar refractivity (Wildman–Crippen MR) is 99.5 cm³/mol. The molecule has 0 unspecified atom stereocenters. The second-order valence-corrected chi connectivity index (χ2v) is 5.77. The molecule has 0 heterocycles. The van der Waals surface area contributed by atoms with Gasteiger partial charge in [-0.15, -0.1) is 0 Å². The molecular formula is C19H20F3N3O3. The van der Waals surface area contributed by atoms with E-state index in [0.29, 0.717) is 29.3 Å². The van der Waals surface area contributed by atoms with E-state index in [-0.39, 0.29) is 6.42 Å². The number of carbonyl (C=O) groups is 2. The van der Waals surface area contributed by atoms with Crippen molar-refractivity contribution in [2.75, 3.05) is 23.8 Å². The lowest BCUT2D eigenvalue weighted by atomic mass is 10.1. The molecule has 0 radical (unpaired) electrons. The molecule has 150 valence electrons. The Morgan fingerprint density at radius 1 is 1.00 bits per heavy atom. The lowest BCUT2D eigenvalue weighted by Gasteiger charge is -2.12. The van der Waals surface area contributed by atoms with Crippen LogP contribution in [0.15, 0.2) is 48.5 Å². The van der Waals surface area contributed by atoms with Crippen LogP contribution >= 0.6 is 0 Å². The minimum atomic E-state index is -4.45. The molecule has 0 saturated carbocycles. The summed E-state index contributed by atoms with van der Waals surface area (Å²) in [5.41, 5.74) is 1.50. The van der Waals surface area contributed by atoms with Gasteiger partial charge in [0.15, 0.2) is 0 Å². The number of ether oxygens (including phenoxy) is 1. The van der Waals surface area contributed by atoms with E-state index in [2.05, 4.69) is 10.6 Å². The molecule has 3 amide bonds. The zero-order valence-electron chi connectivity index (χ0n) is 15.1. The highest BCUT2D eigenvalue weighted by atomic mass is 19.4. The lowest BCUT2D eigenvalue weighted by Crippen LogP contribution is -2.34. The van der Waals surface area contributed by atoms with Gasteiger partial charge >= 0.3 is 12.2 Å². The fourth-order valence-corrected chi connectivity index (χ4v) is 2.29. The second-order valence-electron chi connectivity index (χ2n) is 5.77. The van der Waals surface area contributed by atoms with Crippen molar-refractivity contribution in [3.8, 4) is 5.75 Å². The van der Waals surface area contributed by atoms with E-state index in [9.17, 15) is 22.8 Å². The van der Waals surface area contributed by atoms with E-state index in [1.54, 1.807) is 53.8 Å². The molecule has 0 aromatic heterocycles. The predicted octanol–water partition coefficient (Wildman–Crippen LogP) is 3.95. The summed E-state index contributed by atoms with van der Waals surface area (Å²) in [6, 6.07) is 12.7. The Hall–Kier alpha value is -3.23. The van der Waals surface area contributed by atoms with Gasteiger partial charge in [0.25, 0.3) is 0 Å². The lowest BCUT2D eigenvalue weighted by molar-refractivity contribution is -0.138. The van der Waals surface area contributed by atoms with Gasteiger partial charge in [0.1, 0.15) is 12.3 Å².